The van der Waals surface area contributed by atoms with Gasteiger partial charge in [0.1, 0.15) is 5.75 Å². The number of hydrogen-bond acceptors (Lipinski definition) is 4. The van der Waals surface area contributed by atoms with Gasteiger partial charge in [0.2, 0.25) is 5.79 Å². The van der Waals surface area contributed by atoms with E-state index in [0.29, 0.717) is 24.7 Å². The number of para-hydroxylation sites is 1. The summed E-state index contributed by atoms with van der Waals surface area (Å²) in [6.45, 7) is 2.84. The van der Waals surface area contributed by atoms with Crippen molar-refractivity contribution in [1.29, 1.82) is 0 Å². The van der Waals surface area contributed by atoms with Crippen molar-refractivity contribution in [2.24, 2.45) is 4.99 Å². The molecule has 0 unspecified atom stereocenters. The van der Waals surface area contributed by atoms with Crippen molar-refractivity contribution >= 4 is 22.4 Å². The summed E-state index contributed by atoms with van der Waals surface area (Å²) in [5, 5.41) is 2.18. The molecule has 0 radical (unpaired) electrons. The number of ether oxygens (including phenoxy) is 3. The summed E-state index contributed by atoms with van der Waals surface area (Å²) < 4.78 is 17.9. The van der Waals surface area contributed by atoms with E-state index >= 15 is 0 Å². The molecule has 2 heterocycles. The number of rotatable bonds is 2. The molecule has 3 aromatic rings. The Kier molecular flexibility index (Phi) is 4.42. The van der Waals surface area contributed by atoms with Crippen molar-refractivity contribution in [3.63, 3.8) is 0 Å². The molecule has 1 saturated heterocycles. The molecule has 0 aliphatic carbocycles. The van der Waals surface area contributed by atoms with Crippen LogP contribution in [0.2, 0.25) is 0 Å². The van der Waals surface area contributed by atoms with E-state index in [9.17, 15) is 4.79 Å². The van der Waals surface area contributed by atoms with Crippen LogP contribution in [-0.2, 0) is 20.1 Å². The summed E-state index contributed by atoms with van der Waals surface area (Å²) in [5.74, 6) is -0.654. The summed E-state index contributed by atoms with van der Waals surface area (Å²) in [6, 6.07) is 21.6. The van der Waals surface area contributed by atoms with Gasteiger partial charge in [-0.15, -0.1) is 0 Å². The van der Waals surface area contributed by atoms with E-state index in [2.05, 4.69) is 4.99 Å². The number of carbonyl (C=O) groups excluding carboxylic acids is 1. The average Bonchev–Trinajstić information content (AvgIpc) is 3.22. The zero-order valence-corrected chi connectivity index (χ0v) is 16.1. The van der Waals surface area contributed by atoms with Crippen LogP contribution in [0.25, 0.3) is 10.8 Å². The van der Waals surface area contributed by atoms with Crippen LogP contribution in [-0.4, -0.2) is 30.9 Å². The van der Waals surface area contributed by atoms with Crippen molar-refractivity contribution in [1.82, 2.24) is 0 Å². The maximum absolute atomic E-state index is 13.0. The van der Waals surface area contributed by atoms with Crippen molar-refractivity contribution in [2.75, 3.05) is 13.2 Å². The standard InChI is InChI=1S/C24H21NO4/c1-16(18-10-6-8-17-7-2-3-9-19(17)18)25-23(26)22-15-24(27-13-14-28-24)20-11-4-5-12-21(20)29-22/h2-12,22H,13-15H2,1H3/t22-/m1/s1. The SMILES string of the molecule is CC(=NC(=O)[C@H]1CC2(OCCO2)c2ccccc2O1)c1cccc2ccccc12. The molecule has 146 valence electrons. The summed E-state index contributed by atoms with van der Waals surface area (Å²) in [5.41, 5.74) is 2.43. The first-order valence-electron chi connectivity index (χ1n) is 9.78. The Morgan fingerprint density at radius 3 is 2.55 bits per heavy atom. The van der Waals surface area contributed by atoms with Crippen molar-refractivity contribution in [3.8, 4) is 5.75 Å². The first kappa shape index (κ1) is 18.0. The first-order valence-corrected chi connectivity index (χ1v) is 9.78. The Bertz CT molecular complexity index is 1110. The fourth-order valence-corrected chi connectivity index (χ4v) is 4.14. The van der Waals surface area contributed by atoms with Crippen LogP contribution in [0.15, 0.2) is 71.7 Å². The van der Waals surface area contributed by atoms with Gasteiger partial charge >= 0.3 is 0 Å². The molecular weight excluding hydrogens is 366 g/mol. The first-order chi connectivity index (χ1) is 14.2. The number of fused-ring (bicyclic) bond motifs is 3. The van der Waals surface area contributed by atoms with E-state index in [4.69, 9.17) is 14.2 Å². The van der Waals surface area contributed by atoms with Crippen LogP contribution in [0.4, 0.5) is 0 Å². The second kappa shape index (κ2) is 7.10. The number of carbonyl (C=O) groups is 1. The molecule has 1 amide bonds. The lowest BCUT2D eigenvalue weighted by Crippen LogP contribution is -2.42. The fourth-order valence-electron chi connectivity index (χ4n) is 4.14. The van der Waals surface area contributed by atoms with E-state index in [0.717, 1.165) is 21.9 Å². The predicted molar refractivity (Wildman–Crippen MR) is 110 cm³/mol. The normalized spacial score (nSPS) is 20.4. The van der Waals surface area contributed by atoms with Gasteiger partial charge in [-0.1, -0.05) is 54.6 Å². The number of aliphatic imine (C=N–C) groups is 1. The van der Waals surface area contributed by atoms with E-state index < -0.39 is 11.9 Å². The van der Waals surface area contributed by atoms with Crippen LogP contribution in [0.3, 0.4) is 0 Å². The Morgan fingerprint density at radius 2 is 1.69 bits per heavy atom. The third-order valence-corrected chi connectivity index (χ3v) is 5.51. The topological polar surface area (TPSA) is 57.1 Å². The van der Waals surface area contributed by atoms with Crippen LogP contribution in [0.1, 0.15) is 24.5 Å². The van der Waals surface area contributed by atoms with Gasteiger partial charge < -0.3 is 14.2 Å². The predicted octanol–water partition coefficient (Wildman–Crippen LogP) is 4.23. The van der Waals surface area contributed by atoms with E-state index in [1.165, 1.54) is 0 Å². The smallest absolute Gasteiger partial charge is 0.287 e. The molecule has 0 bridgehead atoms. The number of amides is 1. The van der Waals surface area contributed by atoms with Crippen LogP contribution in [0.5, 0.6) is 5.75 Å². The molecule has 0 N–H and O–H groups in total. The molecule has 2 aliphatic heterocycles. The summed E-state index contributed by atoms with van der Waals surface area (Å²) in [4.78, 5) is 17.4. The van der Waals surface area contributed by atoms with Crippen LogP contribution in [0, 0.1) is 0 Å². The zero-order valence-electron chi connectivity index (χ0n) is 16.1. The molecule has 3 aromatic carbocycles. The molecule has 1 atom stereocenters. The van der Waals surface area contributed by atoms with Crippen molar-refractivity contribution in [3.05, 3.63) is 77.9 Å². The van der Waals surface area contributed by atoms with Gasteiger partial charge in [0.15, 0.2) is 6.10 Å². The van der Waals surface area contributed by atoms with Crippen LogP contribution < -0.4 is 4.74 Å². The zero-order chi connectivity index (χ0) is 19.8. The van der Waals surface area contributed by atoms with Gasteiger partial charge in [0, 0.05) is 11.3 Å². The van der Waals surface area contributed by atoms with Gasteiger partial charge in [-0.25, -0.2) is 4.99 Å². The summed E-state index contributed by atoms with van der Waals surface area (Å²) >= 11 is 0. The van der Waals surface area contributed by atoms with Crippen molar-refractivity contribution in [2.45, 2.75) is 25.2 Å². The molecule has 1 fully saturated rings. The quantitative estimate of drug-likeness (QED) is 0.618. The molecule has 5 heteroatoms. The lowest BCUT2D eigenvalue weighted by molar-refractivity contribution is -0.195. The molecule has 0 aromatic heterocycles. The molecule has 2 aliphatic rings. The van der Waals surface area contributed by atoms with Gasteiger partial charge in [-0.05, 0) is 29.8 Å². The molecule has 5 rings (SSSR count). The minimum Gasteiger partial charge on any atom is -0.480 e. The van der Waals surface area contributed by atoms with Gasteiger partial charge in [0.05, 0.1) is 25.2 Å². The average molecular weight is 387 g/mol. The number of benzene rings is 3. The molecule has 5 nitrogen and oxygen atoms in total. The number of nitrogens with zero attached hydrogens (tertiary/aromatic N) is 1. The van der Waals surface area contributed by atoms with E-state index in [1.807, 2.05) is 73.7 Å². The third-order valence-electron chi connectivity index (χ3n) is 5.51. The fraction of sp³-hybridized carbons (Fsp3) is 0.250. The highest BCUT2D eigenvalue weighted by Crippen LogP contribution is 2.45. The second-order valence-electron chi connectivity index (χ2n) is 7.32. The highest BCUT2D eigenvalue weighted by atomic mass is 16.7. The number of hydrogen-bond donors (Lipinski definition) is 0. The molecule has 29 heavy (non-hydrogen) atoms. The third kappa shape index (κ3) is 3.12. The minimum atomic E-state index is -0.933. The maximum atomic E-state index is 13.0. The monoisotopic (exact) mass is 387 g/mol. The van der Waals surface area contributed by atoms with E-state index in [-0.39, 0.29) is 12.3 Å². The van der Waals surface area contributed by atoms with Gasteiger partial charge in [-0.2, -0.15) is 0 Å². The van der Waals surface area contributed by atoms with Crippen LogP contribution >= 0.6 is 0 Å². The molecule has 0 saturated carbocycles. The largest absolute Gasteiger partial charge is 0.480 e. The maximum Gasteiger partial charge on any atom is 0.287 e. The molecular formula is C24H21NO4. The molecule has 1 spiro atoms. The second-order valence-corrected chi connectivity index (χ2v) is 7.32. The lowest BCUT2D eigenvalue weighted by Gasteiger charge is -2.36. The van der Waals surface area contributed by atoms with E-state index in [1.54, 1.807) is 0 Å². The lowest BCUT2D eigenvalue weighted by atomic mass is 9.94. The summed E-state index contributed by atoms with van der Waals surface area (Å²) in [6.07, 6.45) is -0.470. The Morgan fingerprint density at radius 1 is 0.966 bits per heavy atom. The van der Waals surface area contributed by atoms with Crippen molar-refractivity contribution < 1.29 is 19.0 Å². The Hall–Kier alpha value is -3.02. The Balaban J connectivity index is 1.48. The summed E-state index contributed by atoms with van der Waals surface area (Å²) in [7, 11) is 0. The highest BCUT2D eigenvalue weighted by Gasteiger charge is 2.48. The highest BCUT2D eigenvalue weighted by molar-refractivity contribution is 6.13. The van der Waals surface area contributed by atoms with Gasteiger partial charge in [0.25, 0.3) is 5.91 Å². The minimum absolute atomic E-state index is 0.287. The Labute approximate surface area is 168 Å². The van der Waals surface area contributed by atoms with Gasteiger partial charge in [-0.3, -0.25) is 4.79 Å².